The van der Waals surface area contributed by atoms with Gasteiger partial charge in [-0.05, 0) is 18.1 Å². The normalized spacial score (nSPS) is 18.9. The molecule has 1 heterocycles. The molecule has 102 valence electrons. The van der Waals surface area contributed by atoms with Crippen molar-refractivity contribution < 1.29 is 27.8 Å². The van der Waals surface area contributed by atoms with Crippen molar-refractivity contribution >= 4 is 11.9 Å². The van der Waals surface area contributed by atoms with Crippen LogP contribution in [0.5, 0.6) is 0 Å². The lowest BCUT2D eigenvalue weighted by Crippen LogP contribution is -2.15. The van der Waals surface area contributed by atoms with E-state index in [1.807, 2.05) is 0 Å². The Labute approximate surface area is 106 Å². The summed E-state index contributed by atoms with van der Waals surface area (Å²) in [6, 6.07) is 4.56. The summed E-state index contributed by atoms with van der Waals surface area (Å²) in [6.45, 7) is -0.0200. The van der Waals surface area contributed by atoms with Crippen molar-refractivity contribution in [2.24, 2.45) is 4.99 Å². The number of carboxylic acids is 1. The summed E-state index contributed by atoms with van der Waals surface area (Å²) in [7, 11) is 0. The molecule has 2 rings (SSSR count). The summed E-state index contributed by atoms with van der Waals surface area (Å²) < 4.78 is 43.1. The molecule has 0 fully saturated rings. The van der Waals surface area contributed by atoms with E-state index in [1.165, 1.54) is 18.2 Å². The Kier molecular flexibility index (Phi) is 3.46. The molecule has 0 aliphatic carbocycles. The smallest absolute Gasteiger partial charge is 0.416 e. The summed E-state index contributed by atoms with van der Waals surface area (Å²) in [4.78, 5) is 14.3. The topological polar surface area (TPSA) is 58.9 Å². The zero-order chi connectivity index (χ0) is 14.0. The fraction of sp³-hybridized carbons (Fsp3) is 0.333. The maximum atomic E-state index is 12.8. The van der Waals surface area contributed by atoms with Crippen LogP contribution >= 0.6 is 0 Å². The molecule has 1 aliphatic heterocycles. The molecular formula is C12H10F3NO3. The fourth-order valence-electron chi connectivity index (χ4n) is 1.87. The first-order chi connectivity index (χ1) is 8.88. The third kappa shape index (κ3) is 3.04. The molecule has 1 aliphatic rings. The standard InChI is InChI=1S/C12H10F3NO3/c13-12(14,15)9-4-2-1-3-7(9)5-8-6-19-10(16-8)11(17)18/h1-4,8H,5-6H2,(H,17,18). The molecule has 0 spiro atoms. The molecular weight excluding hydrogens is 263 g/mol. The zero-order valence-electron chi connectivity index (χ0n) is 9.65. The first-order valence-electron chi connectivity index (χ1n) is 5.47. The highest BCUT2D eigenvalue weighted by molar-refractivity contribution is 6.32. The number of carboxylic acid groups (broad SMARTS) is 1. The summed E-state index contributed by atoms with van der Waals surface area (Å²) in [5.74, 6) is -1.76. The van der Waals surface area contributed by atoms with Crippen LogP contribution in [-0.4, -0.2) is 29.6 Å². The molecule has 1 aromatic carbocycles. The molecule has 1 aromatic rings. The van der Waals surface area contributed by atoms with Crippen LogP contribution < -0.4 is 0 Å². The second-order valence-corrected chi connectivity index (χ2v) is 4.06. The van der Waals surface area contributed by atoms with Gasteiger partial charge in [0.25, 0.3) is 5.90 Å². The van der Waals surface area contributed by atoms with Gasteiger partial charge in [0.15, 0.2) is 0 Å². The van der Waals surface area contributed by atoms with Crippen LogP contribution in [0.15, 0.2) is 29.3 Å². The van der Waals surface area contributed by atoms with Gasteiger partial charge in [-0.25, -0.2) is 9.79 Å². The number of rotatable bonds is 3. The lowest BCUT2D eigenvalue weighted by atomic mass is 10.0. The molecule has 4 nitrogen and oxygen atoms in total. The van der Waals surface area contributed by atoms with Crippen LogP contribution in [0, 0.1) is 0 Å². The second kappa shape index (κ2) is 4.91. The van der Waals surface area contributed by atoms with Gasteiger partial charge in [0.05, 0.1) is 11.6 Å². The van der Waals surface area contributed by atoms with E-state index in [1.54, 1.807) is 0 Å². The number of aliphatic imine (C=N–C) groups is 1. The Hall–Kier alpha value is -2.05. The number of hydrogen-bond acceptors (Lipinski definition) is 3. The molecule has 0 saturated heterocycles. The highest BCUT2D eigenvalue weighted by Crippen LogP contribution is 2.32. The number of hydrogen-bond donors (Lipinski definition) is 1. The Morgan fingerprint density at radius 1 is 1.42 bits per heavy atom. The first kappa shape index (κ1) is 13.4. The predicted octanol–water partition coefficient (Wildman–Crippen LogP) is 2.13. The molecule has 0 saturated carbocycles. The van der Waals surface area contributed by atoms with Gasteiger partial charge in [-0.2, -0.15) is 13.2 Å². The van der Waals surface area contributed by atoms with Gasteiger partial charge in [0, 0.05) is 0 Å². The monoisotopic (exact) mass is 273 g/mol. The van der Waals surface area contributed by atoms with Crippen LogP contribution in [0.3, 0.4) is 0 Å². The highest BCUT2D eigenvalue weighted by Gasteiger charge is 2.34. The van der Waals surface area contributed by atoms with Crippen LogP contribution in [0.2, 0.25) is 0 Å². The number of aliphatic carboxylic acids is 1. The lowest BCUT2D eigenvalue weighted by molar-refractivity contribution is -0.138. The minimum absolute atomic E-state index is 0.00748. The van der Waals surface area contributed by atoms with E-state index in [4.69, 9.17) is 9.84 Å². The average Bonchev–Trinajstić information content (AvgIpc) is 2.77. The molecule has 0 amide bonds. The third-order valence-electron chi connectivity index (χ3n) is 2.67. The lowest BCUT2D eigenvalue weighted by Gasteiger charge is -2.13. The van der Waals surface area contributed by atoms with Crippen molar-refractivity contribution in [2.45, 2.75) is 18.6 Å². The minimum atomic E-state index is -4.44. The van der Waals surface area contributed by atoms with Crippen LogP contribution in [0.1, 0.15) is 11.1 Å². The van der Waals surface area contributed by atoms with E-state index >= 15 is 0 Å². The van der Waals surface area contributed by atoms with E-state index < -0.39 is 29.6 Å². The molecule has 0 aromatic heterocycles. The van der Waals surface area contributed by atoms with E-state index in [0.29, 0.717) is 0 Å². The maximum absolute atomic E-state index is 12.8. The first-order valence-corrected chi connectivity index (χ1v) is 5.47. The van der Waals surface area contributed by atoms with Gasteiger partial charge in [-0.15, -0.1) is 0 Å². The van der Waals surface area contributed by atoms with Crippen LogP contribution in [0.25, 0.3) is 0 Å². The molecule has 0 bridgehead atoms. The molecule has 1 atom stereocenters. The van der Waals surface area contributed by atoms with Crippen LogP contribution in [0.4, 0.5) is 13.2 Å². The zero-order valence-corrected chi connectivity index (χ0v) is 9.65. The summed E-state index contributed by atoms with van der Waals surface area (Å²) in [6.07, 6.45) is -4.44. The van der Waals surface area contributed by atoms with E-state index in [2.05, 4.69) is 4.99 Å². The summed E-state index contributed by atoms with van der Waals surface area (Å²) in [5, 5.41) is 8.65. The van der Waals surface area contributed by atoms with Gasteiger partial charge < -0.3 is 9.84 Å². The second-order valence-electron chi connectivity index (χ2n) is 4.06. The average molecular weight is 273 g/mol. The SMILES string of the molecule is O=C(O)C1=NC(Cc2ccccc2C(F)(F)F)CO1. The highest BCUT2D eigenvalue weighted by atomic mass is 19.4. The molecule has 1 N–H and O–H groups in total. The van der Waals surface area contributed by atoms with Crippen LogP contribution in [-0.2, 0) is 22.1 Å². The predicted molar refractivity (Wildman–Crippen MR) is 60.0 cm³/mol. The van der Waals surface area contributed by atoms with Crippen molar-refractivity contribution in [3.63, 3.8) is 0 Å². The number of ether oxygens (including phenoxy) is 1. The largest absolute Gasteiger partial charge is 0.474 e. The van der Waals surface area contributed by atoms with Gasteiger partial charge in [0.2, 0.25) is 0 Å². The fourth-order valence-corrected chi connectivity index (χ4v) is 1.87. The quantitative estimate of drug-likeness (QED) is 0.917. The van der Waals surface area contributed by atoms with Gasteiger partial charge >= 0.3 is 12.1 Å². The Morgan fingerprint density at radius 2 is 2.11 bits per heavy atom. The molecule has 0 radical (unpaired) electrons. The van der Waals surface area contributed by atoms with Gasteiger partial charge in [-0.3, -0.25) is 0 Å². The minimum Gasteiger partial charge on any atom is -0.474 e. The number of carbonyl (C=O) groups is 1. The Balaban J connectivity index is 2.19. The summed E-state index contributed by atoms with van der Waals surface area (Å²) in [5.41, 5.74) is -0.645. The number of halogens is 3. The number of benzene rings is 1. The van der Waals surface area contributed by atoms with E-state index in [-0.39, 0.29) is 18.6 Å². The summed E-state index contributed by atoms with van der Waals surface area (Å²) >= 11 is 0. The number of nitrogens with zero attached hydrogens (tertiary/aromatic N) is 1. The molecule has 7 heteroatoms. The maximum Gasteiger partial charge on any atom is 0.416 e. The van der Waals surface area contributed by atoms with Gasteiger partial charge in [0.1, 0.15) is 6.61 Å². The van der Waals surface area contributed by atoms with Crippen molar-refractivity contribution in [3.05, 3.63) is 35.4 Å². The molecule has 1 unspecified atom stereocenters. The van der Waals surface area contributed by atoms with Crippen molar-refractivity contribution in [1.82, 2.24) is 0 Å². The van der Waals surface area contributed by atoms with Crippen molar-refractivity contribution in [2.75, 3.05) is 6.61 Å². The van der Waals surface area contributed by atoms with E-state index in [0.717, 1.165) is 6.07 Å². The van der Waals surface area contributed by atoms with Gasteiger partial charge in [-0.1, -0.05) is 18.2 Å². The van der Waals surface area contributed by atoms with Crippen molar-refractivity contribution in [3.8, 4) is 0 Å². The third-order valence-corrected chi connectivity index (χ3v) is 2.67. The van der Waals surface area contributed by atoms with E-state index in [9.17, 15) is 18.0 Å². The Morgan fingerprint density at radius 3 is 2.68 bits per heavy atom. The number of alkyl halides is 3. The molecule has 19 heavy (non-hydrogen) atoms. The Bertz CT molecular complexity index is 525. The van der Waals surface area contributed by atoms with Crippen molar-refractivity contribution in [1.29, 1.82) is 0 Å².